The second kappa shape index (κ2) is 3.83. The van der Waals surface area contributed by atoms with E-state index in [1.165, 1.54) is 15.6 Å². The van der Waals surface area contributed by atoms with Gasteiger partial charge in [-0.1, -0.05) is 19.1 Å². The van der Waals surface area contributed by atoms with E-state index in [1.54, 1.807) is 10.4 Å². The highest BCUT2D eigenvalue weighted by Crippen LogP contribution is 2.58. The second-order valence-corrected chi connectivity index (χ2v) is 7.68. The maximum Gasteiger partial charge on any atom is 0.0600 e. The summed E-state index contributed by atoms with van der Waals surface area (Å²) in [5, 5.41) is 11.8. The summed E-state index contributed by atoms with van der Waals surface area (Å²) in [4.78, 5) is 1.57. The van der Waals surface area contributed by atoms with Crippen molar-refractivity contribution in [3.05, 3.63) is 34.2 Å². The van der Waals surface area contributed by atoms with E-state index in [9.17, 15) is 5.11 Å². The Labute approximate surface area is 118 Å². The number of rotatable bonds is 0. The highest BCUT2D eigenvalue weighted by atomic mass is 32.1. The maximum absolute atomic E-state index is 10.3. The molecule has 3 atom stereocenters. The van der Waals surface area contributed by atoms with E-state index in [0.717, 1.165) is 25.7 Å². The summed E-state index contributed by atoms with van der Waals surface area (Å²) in [5.41, 5.74) is 3.06. The second-order valence-electron chi connectivity index (χ2n) is 6.60. The third-order valence-corrected chi connectivity index (χ3v) is 6.80. The quantitative estimate of drug-likeness (QED) is 0.753. The molecule has 1 nitrogen and oxygen atoms in total. The molecule has 0 radical (unpaired) electrons. The molecule has 1 aromatic carbocycles. The maximum atomic E-state index is 10.3. The lowest BCUT2D eigenvalue weighted by atomic mass is 9.69. The summed E-state index contributed by atoms with van der Waals surface area (Å²) < 4.78 is 1.44. The molecule has 0 bridgehead atoms. The number of benzene rings is 1. The minimum absolute atomic E-state index is 0.0994. The number of thiophene rings is 1. The van der Waals surface area contributed by atoms with Gasteiger partial charge in [-0.15, -0.1) is 11.3 Å². The van der Waals surface area contributed by atoms with E-state index in [4.69, 9.17) is 0 Å². The Hall–Kier alpha value is -0.860. The third-order valence-electron chi connectivity index (χ3n) is 5.50. The van der Waals surface area contributed by atoms with Crippen molar-refractivity contribution in [2.45, 2.75) is 51.6 Å². The zero-order valence-corrected chi connectivity index (χ0v) is 12.4. The van der Waals surface area contributed by atoms with Gasteiger partial charge >= 0.3 is 0 Å². The molecule has 100 valence electrons. The van der Waals surface area contributed by atoms with Crippen LogP contribution in [0, 0.1) is 12.3 Å². The molecule has 1 heterocycles. The summed E-state index contributed by atoms with van der Waals surface area (Å²) in [6.45, 7) is 4.47. The molecule has 1 aromatic heterocycles. The summed E-state index contributed by atoms with van der Waals surface area (Å²) in [7, 11) is 0. The van der Waals surface area contributed by atoms with Crippen LogP contribution in [0.25, 0.3) is 10.1 Å². The molecule has 2 heteroatoms. The zero-order valence-electron chi connectivity index (χ0n) is 11.6. The van der Waals surface area contributed by atoms with E-state index in [0.29, 0.717) is 5.92 Å². The fourth-order valence-corrected chi connectivity index (χ4v) is 5.84. The summed E-state index contributed by atoms with van der Waals surface area (Å²) in [6.07, 6.45) is 4.33. The van der Waals surface area contributed by atoms with Gasteiger partial charge < -0.3 is 5.11 Å². The first-order valence-corrected chi connectivity index (χ1v) is 8.11. The molecule has 1 N–H and O–H groups in total. The average molecular weight is 272 g/mol. The van der Waals surface area contributed by atoms with Crippen LogP contribution in [0.3, 0.4) is 0 Å². The molecule has 0 saturated heterocycles. The van der Waals surface area contributed by atoms with Crippen LogP contribution in [-0.2, 0) is 6.42 Å². The van der Waals surface area contributed by atoms with Crippen LogP contribution in [0.15, 0.2) is 18.2 Å². The van der Waals surface area contributed by atoms with Crippen LogP contribution in [-0.4, -0.2) is 11.2 Å². The molecule has 2 aromatic rings. The largest absolute Gasteiger partial charge is 0.393 e. The van der Waals surface area contributed by atoms with Gasteiger partial charge in [0.15, 0.2) is 0 Å². The van der Waals surface area contributed by atoms with Gasteiger partial charge in [0, 0.05) is 20.9 Å². The number of aliphatic hydroxyl groups is 1. The summed E-state index contributed by atoms with van der Waals surface area (Å²) >= 11 is 1.98. The molecule has 1 fully saturated rings. The van der Waals surface area contributed by atoms with Crippen LogP contribution in [0.1, 0.15) is 48.1 Å². The summed E-state index contributed by atoms with van der Waals surface area (Å²) in [6, 6.07) is 6.85. The van der Waals surface area contributed by atoms with Gasteiger partial charge in [0.1, 0.15) is 0 Å². The Morgan fingerprint density at radius 2 is 2.16 bits per heavy atom. The lowest BCUT2D eigenvalue weighted by Crippen LogP contribution is -2.34. The van der Waals surface area contributed by atoms with E-state index in [-0.39, 0.29) is 11.5 Å². The standard InChI is InChI=1S/C17H20OS/c1-10-3-4-11-12-7-8-17(2)13(5-6-15(17)18)16(12)19-14(11)9-10/h3-4,9,13,15,18H,5-8H2,1-2H3/t13-,15+,17?/m1/s1. The van der Waals surface area contributed by atoms with Crippen LogP contribution in [0.5, 0.6) is 0 Å². The van der Waals surface area contributed by atoms with E-state index < -0.39 is 0 Å². The molecular weight excluding hydrogens is 252 g/mol. The lowest BCUT2D eigenvalue weighted by molar-refractivity contribution is 0.0467. The van der Waals surface area contributed by atoms with Crippen LogP contribution < -0.4 is 0 Å². The van der Waals surface area contributed by atoms with Gasteiger partial charge in [-0.25, -0.2) is 0 Å². The molecule has 19 heavy (non-hydrogen) atoms. The lowest BCUT2D eigenvalue weighted by Gasteiger charge is -2.38. The highest BCUT2D eigenvalue weighted by Gasteiger charge is 2.49. The Balaban J connectivity index is 1.93. The Morgan fingerprint density at radius 1 is 1.32 bits per heavy atom. The van der Waals surface area contributed by atoms with Crippen LogP contribution in [0.4, 0.5) is 0 Å². The SMILES string of the molecule is Cc1ccc2c3c(sc2c1)[C@H]1CC[C@H](O)C1(C)CC3. The van der Waals surface area contributed by atoms with Gasteiger partial charge in [0.25, 0.3) is 0 Å². The van der Waals surface area contributed by atoms with Gasteiger partial charge in [0.2, 0.25) is 0 Å². The van der Waals surface area contributed by atoms with Gasteiger partial charge in [0.05, 0.1) is 6.10 Å². The topological polar surface area (TPSA) is 20.2 Å². The van der Waals surface area contributed by atoms with E-state index >= 15 is 0 Å². The molecule has 4 rings (SSSR count). The predicted octanol–water partition coefficient (Wildman–Crippen LogP) is 4.40. The van der Waals surface area contributed by atoms with Crippen molar-refractivity contribution in [1.29, 1.82) is 0 Å². The fourth-order valence-electron chi connectivity index (χ4n) is 4.20. The van der Waals surface area contributed by atoms with Crippen LogP contribution in [0.2, 0.25) is 0 Å². The third kappa shape index (κ3) is 1.50. The van der Waals surface area contributed by atoms with Crippen molar-refractivity contribution in [1.82, 2.24) is 0 Å². The number of aryl methyl sites for hydroxylation is 2. The minimum atomic E-state index is -0.0994. The predicted molar refractivity (Wildman–Crippen MR) is 81.0 cm³/mol. The monoisotopic (exact) mass is 272 g/mol. The molecule has 0 amide bonds. The van der Waals surface area contributed by atoms with Crippen molar-refractivity contribution >= 4 is 21.4 Å². The van der Waals surface area contributed by atoms with Crippen molar-refractivity contribution in [3.63, 3.8) is 0 Å². The highest BCUT2D eigenvalue weighted by molar-refractivity contribution is 7.19. The number of fused-ring (bicyclic) bond motifs is 5. The number of hydrogen-bond acceptors (Lipinski definition) is 2. The van der Waals surface area contributed by atoms with Crippen molar-refractivity contribution in [2.24, 2.45) is 5.41 Å². The Morgan fingerprint density at radius 3 is 3.00 bits per heavy atom. The van der Waals surface area contributed by atoms with Gasteiger partial charge in [-0.2, -0.15) is 0 Å². The van der Waals surface area contributed by atoms with Crippen molar-refractivity contribution in [3.8, 4) is 0 Å². The number of aliphatic hydroxyl groups excluding tert-OH is 1. The van der Waals surface area contributed by atoms with E-state index in [1.807, 2.05) is 11.3 Å². The van der Waals surface area contributed by atoms with E-state index in [2.05, 4.69) is 32.0 Å². The van der Waals surface area contributed by atoms with Crippen LogP contribution >= 0.6 is 11.3 Å². The van der Waals surface area contributed by atoms with Gasteiger partial charge in [-0.3, -0.25) is 0 Å². The molecule has 1 saturated carbocycles. The first kappa shape index (κ1) is 11.9. The summed E-state index contributed by atoms with van der Waals surface area (Å²) in [5.74, 6) is 0.587. The first-order chi connectivity index (χ1) is 9.09. The Bertz CT molecular complexity index is 657. The normalized spacial score (nSPS) is 33.4. The molecule has 0 spiro atoms. The average Bonchev–Trinajstić information content (AvgIpc) is 2.87. The minimum Gasteiger partial charge on any atom is -0.393 e. The fraction of sp³-hybridized carbons (Fsp3) is 0.529. The zero-order chi connectivity index (χ0) is 13.2. The van der Waals surface area contributed by atoms with Crippen molar-refractivity contribution in [2.75, 3.05) is 0 Å². The molecule has 0 aliphatic heterocycles. The molecular formula is C17H20OS. The van der Waals surface area contributed by atoms with Gasteiger partial charge in [-0.05, 0) is 55.2 Å². The molecule has 2 aliphatic carbocycles. The molecule has 1 unspecified atom stereocenters. The first-order valence-electron chi connectivity index (χ1n) is 7.29. The Kier molecular flexibility index (Phi) is 2.40. The molecule has 2 aliphatic rings. The van der Waals surface area contributed by atoms with Crippen molar-refractivity contribution < 1.29 is 5.11 Å². The number of hydrogen-bond donors (Lipinski definition) is 1. The smallest absolute Gasteiger partial charge is 0.0600 e.